The van der Waals surface area contributed by atoms with Gasteiger partial charge in [-0.3, -0.25) is 24.7 Å². The fraction of sp³-hybridized carbons (Fsp3) is 0.235. The molecule has 128 valence electrons. The third kappa shape index (κ3) is 4.17. The van der Waals surface area contributed by atoms with E-state index in [0.29, 0.717) is 17.7 Å². The van der Waals surface area contributed by atoms with E-state index >= 15 is 0 Å². The number of hydrogen-bond acceptors (Lipinski definition) is 5. The van der Waals surface area contributed by atoms with Crippen molar-refractivity contribution in [3.63, 3.8) is 0 Å². The molecule has 3 rings (SSSR count). The minimum absolute atomic E-state index is 0.254. The van der Waals surface area contributed by atoms with E-state index in [2.05, 4.69) is 15.6 Å². The van der Waals surface area contributed by atoms with Crippen molar-refractivity contribution in [1.29, 1.82) is 0 Å². The molecule has 0 aliphatic heterocycles. The number of rotatable bonds is 6. The van der Waals surface area contributed by atoms with Crippen molar-refractivity contribution in [2.75, 3.05) is 5.32 Å². The van der Waals surface area contributed by atoms with Crippen LogP contribution in [0, 0.1) is 16.0 Å². The van der Waals surface area contributed by atoms with Crippen molar-refractivity contribution in [1.82, 2.24) is 10.3 Å². The summed E-state index contributed by atoms with van der Waals surface area (Å²) in [6, 6.07) is 9.50. The molecule has 0 radical (unpaired) electrons. The molecule has 2 atom stereocenters. The minimum Gasteiger partial charge on any atom is -0.352 e. The molecule has 8 heteroatoms. The molecule has 0 saturated heterocycles. The van der Waals surface area contributed by atoms with Gasteiger partial charge in [0.2, 0.25) is 11.9 Å². The van der Waals surface area contributed by atoms with Gasteiger partial charge < -0.3 is 10.6 Å². The van der Waals surface area contributed by atoms with Gasteiger partial charge in [0, 0.05) is 29.6 Å². The van der Waals surface area contributed by atoms with E-state index < -0.39 is 16.9 Å². The lowest BCUT2D eigenvalue weighted by Crippen LogP contribution is -2.26. The Morgan fingerprint density at radius 2 is 2.00 bits per heavy atom. The zero-order valence-electron chi connectivity index (χ0n) is 13.2. The van der Waals surface area contributed by atoms with Crippen LogP contribution in [0.25, 0.3) is 0 Å². The zero-order valence-corrected chi connectivity index (χ0v) is 13.2. The molecular formula is C17H16N4O4. The lowest BCUT2D eigenvalue weighted by molar-refractivity contribution is -0.497. The Balaban J connectivity index is 1.51. The van der Waals surface area contributed by atoms with Gasteiger partial charge in [-0.05, 0) is 29.8 Å². The second-order valence-electron chi connectivity index (χ2n) is 5.81. The first-order chi connectivity index (χ1) is 12.0. The summed E-state index contributed by atoms with van der Waals surface area (Å²) in [5, 5.41) is 16.0. The number of carbonyl (C=O) groups excluding carboxylic acids is 2. The number of pyridine rings is 1. The van der Waals surface area contributed by atoms with Crippen LogP contribution in [-0.2, 0) is 11.3 Å². The Kier molecular flexibility index (Phi) is 4.69. The van der Waals surface area contributed by atoms with Crippen LogP contribution in [0.5, 0.6) is 0 Å². The Morgan fingerprint density at radius 3 is 2.60 bits per heavy atom. The van der Waals surface area contributed by atoms with Gasteiger partial charge in [-0.1, -0.05) is 12.1 Å². The minimum atomic E-state index is -0.751. The van der Waals surface area contributed by atoms with E-state index in [-0.39, 0.29) is 18.4 Å². The van der Waals surface area contributed by atoms with Crippen LogP contribution in [0.3, 0.4) is 0 Å². The maximum absolute atomic E-state index is 12.1. The van der Waals surface area contributed by atoms with Gasteiger partial charge >= 0.3 is 0 Å². The average Bonchev–Trinajstić information content (AvgIpc) is 3.42. The van der Waals surface area contributed by atoms with E-state index in [0.717, 1.165) is 5.56 Å². The number of nitrogens with zero attached hydrogens (tertiary/aromatic N) is 2. The number of amides is 2. The lowest BCUT2D eigenvalue weighted by atomic mass is 10.1. The fourth-order valence-electron chi connectivity index (χ4n) is 2.43. The number of benzene rings is 1. The van der Waals surface area contributed by atoms with Gasteiger partial charge in [-0.2, -0.15) is 0 Å². The van der Waals surface area contributed by atoms with Gasteiger partial charge in [0.05, 0.1) is 11.9 Å². The highest BCUT2D eigenvalue weighted by Crippen LogP contribution is 2.33. The van der Waals surface area contributed by atoms with Crippen LogP contribution >= 0.6 is 0 Å². The first-order valence-corrected chi connectivity index (χ1v) is 7.76. The van der Waals surface area contributed by atoms with E-state index in [4.69, 9.17) is 0 Å². The maximum atomic E-state index is 12.1. The van der Waals surface area contributed by atoms with Crippen LogP contribution in [0.2, 0.25) is 0 Å². The SMILES string of the molecule is O=C(Nc1cccnc1)c1ccc(CNC(=O)[C@H]2C[C@H]2[N+](=O)[O-])cc1. The van der Waals surface area contributed by atoms with Crippen molar-refractivity contribution >= 4 is 17.5 Å². The standard InChI is InChI=1S/C17H16N4O4/c22-16(20-13-2-1-7-18-10-13)12-5-3-11(4-6-12)9-19-17(23)14-8-15(14)21(24)25/h1-7,10,14-15H,8-9H2,(H,19,23)(H,20,22)/t14-,15+/m0/s1. The summed E-state index contributed by atoms with van der Waals surface area (Å²) in [4.78, 5) is 38.0. The van der Waals surface area contributed by atoms with Crippen LogP contribution in [0.1, 0.15) is 22.3 Å². The van der Waals surface area contributed by atoms with Gasteiger partial charge in [0.1, 0.15) is 5.92 Å². The second-order valence-corrected chi connectivity index (χ2v) is 5.81. The summed E-state index contributed by atoms with van der Waals surface area (Å²) < 4.78 is 0. The van der Waals surface area contributed by atoms with Gasteiger partial charge in [0.15, 0.2) is 0 Å². The number of hydrogen-bond donors (Lipinski definition) is 2. The molecule has 1 aromatic carbocycles. The highest BCUT2D eigenvalue weighted by Gasteiger charge is 2.53. The average molecular weight is 340 g/mol. The molecular weight excluding hydrogens is 324 g/mol. The molecule has 8 nitrogen and oxygen atoms in total. The number of carbonyl (C=O) groups is 2. The highest BCUT2D eigenvalue weighted by atomic mass is 16.6. The van der Waals surface area contributed by atoms with E-state index in [1.807, 2.05) is 0 Å². The molecule has 1 aliphatic rings. The number of aromatic nitrogens is 1. The van der Waals surface area contributed by atoms with E-state index in [1.54, 1.807) is 48.8 Å². The molecule has 0 bridgehead atoms. The molecule has 0 spiro atoms. The first kappa shape index (κ1) is 16.6. The summed E-state index contributed by atoms with van der Waals surface area (Å²) in [6.07, 6.45) is 3.47. The van der Waals surface area contributed by atoms with E-state index in [9.17, 15) is 19.7 Å². The molecule has 0 unspecified atom stereocenters. The predicted octanol–water partition coefficient (Wildman–Crippen LogP) is 1.62. The van der Waals surface area contributed by atoms with E-state index in [1.165, 1.54) is 0 Å². The molecule has 2 aromatic rings. The lowest BCUT2D eigenvalue weighted by Gasteiger charge is -2.07. The maximum Gasteiger partial charge on any atom is 0.255 e. The smallest absolute Gasteiger partial charge is 0.255 e. The molecule has 1 aromatic heterocycles. The first-order valence-electron chi connectivity index (χ1n) is 7.76. The quantitative estimate of drug-likeness (QED) is 0.612. The number of nitrogens with one attached hydrogen (secondary N) is 2. The topological polar surface area (TPSA) is 114 Å². The molecule has 1 fully saturated rings. The molecule has 2 amide bonds. The normalized spacial score (nSPS) is 18.2. The van der Waals surface area contributed by atoms with Crippen molar-refractivity contribution in [3.8, 4) is 0 Å². The molecule has 1 aliphatic carbocycles. The third-order valence-corrected chi connectivity index (χ3v) is 3.97. The van der Waals surface area contributed by atoms with Crippen LogP contribution in [-0.4, -0.2) is 27.8 Å². The third-order valence-electron chi connectivity index (χ3n) is 3.97. The summed E-state index contributed by atoms with van der Waals surface area (Å²) in [7, 11) is 0. The fourth-order valence-corrected chi connectivity index (χ4v) is 2.43. The summed E-state index contributed by atoms with van der Waals surface area (Å²) in [5.41, 5.74) is 1.90. The van der Waals surface area contributed by atoms with Crippen LogP contribution in [0.15, 0.2) is 48.8 Å². The van der Waals surface area contributed by atoms with Gasteiger partial charge in [-0.15, -0.1) is 0 Å². The van der Waals surface area contributed by atoms with Crippen molar-refractivity contribution in [2.24, 2.45) is 5.92 Å². The molecule has 1 saturated carbocycles. The van der Waals surface area contributed by atoms with Crippen LogP contribution in [0.4, 0.5) is 5.69 Å². The summed E-state index contributed by atoms with van der Waals surface area (Å²) in [6.45, 7) is 0.268. The monoisotopic (exact) mass is 340 g/mol. The Bertz CT molecular complexity index is 792. The second kappa shape index (κ2) is 7.08. The van der Waals surface area contributed by atoms with Crippen molar-refractivity contribution in [3.05, 3.63) is 70.0 Å². The summed E-state index contributed by atoms with van der Waals surface area (Å²) in [5.74, 6) is -1.09. The molecule has 25 heavy (non-hydrogen) atoms. The number of anilines is 1. The zero-order chi connectivity index (χ0) is 17.8. The van der Waals surface area contributed by atoms with Gasteiger partial charge in [-0.25, -0.2) is 0 Å². The Morgan fingerprint density at radius 1 is 1.24 bits per heavy atom. The molecule has 2 N–H and O–H groups in total. The van der Waals surface area contributed by atoms with Crippen LogP contribution < -0.4 is 10.6 Å². The van der Waals surface area contributed by atoms with Crippen molar-refractivity contribution < 1.29 is 14.5 Å². The van der Waals surface area contributed by atoms with Crippen molar-refractivity contribution in [2.45, 2.75) is 19.0 Å². The predicted molar refractivity (Wildman–Crippen MR) is 89.4 cm³/mol. The Hall–Kier alpha value is -3.29. The highest BCUT2D eigenvalue weighted by molar-refractivity contribution is 6.04. The molecule has 1 heterocycles. The summed E-state index contributed by atoms with van der Waals surface area (Å²) >= 11 is 0. The van der Waals surface area contributed by atoms with Gasteiger partial charge in [0.25, 0.3) is 5.91 Å². The number of nitro groups is 1. The largest absolute Gasteiger partial charge is 0.352 e. The Labute approximate surface area is 143 Å².